The second-order valence-corrected chi connectivity index (χ2v) is 2.79. The summed E-state index contributed by atoms with van der Waals surface area (Å²) in [4.78, 5) is 10.9. The number of amides is 2. The lowest BCUT2D eigenvalue weighted by Gasteiger charge is -2.06. The highest BCUT2D eigenvalue weighted by Gasteiger charge is 2.02. The van der Waals surface area contributed by atoms with Gasteiger partial charge < -0.3 is 10.4 Å². The van der Waals surface area contributed by atoms with Crippen LogP contribution in [0.2, 0.25) is 0 Å². The van der Waals surface area contributed by atoms with Gasteiger partial charge in [-0.3, -0.25) is 4.72 Å². The molecule has 0 aliphatic carbocycles. The molecule has 0 unspecified atom stereocenters. The van der Waals surface area contributed by atoms with Gasteiger partial charge in [-0.05, 0) is 30.7 Å². The summed E-state index contributed by atoms with van der Waals surface area (Å²) in [6.45, 7) is 1.79. The number of anilines is 1. The summed E-state index contributed by atoms with van der Waals surface area (Å²) in [5, 5.41) is 11.6. The fourth-order valence-electron chi connectivity index (χ4n) is 0.938. The van der Waals surface area contributed by atoms with E-state index in [1.165, 1.54) is 6.07 Å². The predicted molar refractivity (Wildman–Crippen MR) is 54.0 cm³/mol. The minimum atomic E-state index is -0.405. The van der Waals surface area contributed by atoms with Gasteiger partial charge in [0.15, 0.2) is 0 Å². The van der Waals surface area contributed by atoms with Crippen molar-refractivity contribution in [1.82, 2.24) is 4.72 Å². The molecular weight excluding hydrogens is 188 g/mol. The molecule has 0 aliphatic rings. The SMILES string of the molecule is Cc1cc(O)ccc1NC(=O)NS. The van der Waals surface area contributed by atoms with E-state index in [9.17, 15) is 4.79 Å². The number of phenolic OH excluding ortho intramolecular Hbond substituents is 1. The molecule has 1 aromatic rings. The standard InChI is InChI=1S/C8H10N2O2S/c1-5-4-6(11)2-3-7(5)9-8(12)10-13/h2-4,11,13H,1H3,(H2,9,10,12). The fraction of sp³-hybridized carbons (Fsp3) is 0.125. The molecule has 70 valence electrons. The Hall–Kier alpha value is -1.36. The molecule has 3 N–H and O–H groups in total. The Kier molecular flexibility index (Phi) is 3.02. The number of thiol groups is 1. The van der Waals surface area contributed by atoms with Crippen LogP contribution >= 0.6 is 12.8 Å². The van der Waals surface area contributed by atoms with E-state index in [4.69, 9.17) is 5.11 Å². The molecule has 13 heavy (non-hydrogen) atoms. The van der Waals surface area contributed by atoms with Crippen LogP contribution in [-0.4, -0.2) is 11.1 Å². The zero-order valence-corrected chi connectivity index (χ0v) is 7.93. The molecule has 0 saturated carbocycles. The quantitative estimate of drug-likeness (QED) is 0.410. The number of aryl methyl sites for hydroxylation is 1. The molecule has 0 bridgehead atoms. The first-order chi connectivity index (χ1) is 6.13. The van der Waals surface area contributed by atoms with Gasteiger partial charge in [-0.25, -0.2) is 4.79 Å². The summed E-state index contributed by atoms with van der Waals surface area (Å²) >= 11 is 3.59. The highest BCUT2D eigenvalue weighted by atomic mass is 32.1. The Morgan fingerprint density at radius 1 is 1.54 bits per heavy atom. The summed E-state index contributed by atoms with van der Waals surface area (Å²) in [6.07, 6.45) is 0. The molecule has 0 fully saturated rings. The number of benzene rings is 1. The van der Waals surface area contributed by atoms with Crippen molar-refractivity contribution in [3.63, 3.8) is 0 Å². The topological polar surface area (TPSA) is 61.4 Å². The number of hydrogen-bond acceptors (Lipinski definition) is 3. The van der Waals surface area contributed by atoms with Gasteiger partial charge in [0, 0.05) is 5.69 Å². The van der Waals surface area contributed by atoms with Crippen molar-refractivity contribution < 1.29 is 9.90 Å². The monoisotopic (exact) mass is 198 g/mol. The van der Waals surface area contributed by atoms with Gasteiger partial charge in [0.05, 0.1) is 0 Å². The van der Waals surface area contributed by atoms with E-state index in [1.807, 2.05) is 0 Å². The molecule has 0 spiro atoms. The predicted octanol–water partition coefficient (Wildman–Crippen LogP) is 1.67. The molecule has 0 aliphatic heterocycles. The van der Waals surface area contributed by atoms with Crippen molar-refractivity contribution in [2.45, 2.75) is 6.92 Å². The van der Waals surface area contributed by atoms with Crippen LogP contribution in [0.5, 0.6) is 5.75 Å². The molecular formula is C8H10N2O2S. The van der Waals surface area contributed by atoms with Gasteiger partial charge in [-0.2, -0.15) is 0 Å². The average Bonchev–Trinajstić information content (AvgIpc) is 2.09. The van der Waals surface area contributed by atoms with E-state index in [0.29, 0.717) is 5.69 Å². The van der Waals surface area contributed by atoms with Crippen molar-refractivity contribution >= 4 is 24.5 Å². The van der Waals surface area contributed by atoms with Gasteiger partial charge in [-0.15, -0.1) is 0 Å². The average molecular weight is 198 g/mol. The van der Waals surface area contributed by atoms with Crippen LogP contribution in [0.15, 0.2) is 18.2 Å². The zero-order chi connectivity index (χ0) is 9.84. The zero-order valence-electron chi connectivity index (χ0n) is 7.03. The van der Waals surface area contributed by atoms with Gasteiger partial charge in [-0.1, -0.05) is 12.8 Å². The van der Waals surface area contributed by atoms with E-state index < -0.39 is 6.03 Å². The minimum Gasteiger partial charge on any atom is -0.508 e. The molecule has 0 saturated heterocycles. The maximum atomic E-state index is 10.9. The van der Waals surface area contributed by atoms with Crippen molar-refractivity contribution in [2.75, 3.05) is 5.32 Å². The Morgan fingerprint density at radius 3 is 2.77 bits per heavy atom. The van der Waals surface area contributed by atoms with Crippen molar-refractivity contribution in [2.24, 2.45) is 0 Å². The van der Waals surface area contributed by atoms with Crippen molar-refractivity contribution in [1.29, 1.82) is 0 Å². The third kappa shape index (κ3) is 2.55. The van der Waals surface area contributed by atoms with Crippen LogP contribution in [0, 0.1) is 6.92 Å². The van der Waals surface area contributed by atoms with Crippen LogP contribution in [-0.2, 0) is 0 Å². The summed E-state index contributed by atoms with van der Waals surface area (Å²) < 4.78 is 2.14. The first kappa shape index (κ1) is 9.73. The maximum absolute atomic E-state index is 10.9. The second-order valence-electron chi connectivity index (χ2n) is 2.57. The Labute approximate surface area is 81.5 Å². The molecule has 4 nitrogen and oxygen atoms in total. The third-order valence-electron chi connectivity index (χ3n) is 1.56. The molecule has 5 heteroatoms. The van der Waals surface area contributed by atoms with E-state index >= 15 is 0 Å². The fourth-order valence-corrected chi connectivity index (χ4v) is 0.994. The van der Waals surface area contributed by atoms with Gasteiger partial charge in [0.25, 0.3) is 0 Å². The molecule has 2 amide bonds. The Balaban J connectivity index is 2.83. The molecule has 1 aromatic carbocycles. The van der Waals surface area contributed by atoms with E-state index in [0.717, 1.165) is 5.56 Å². The lowest BCUT2D eigenvalue weighted by molar-refractivity contribution is 0.257. The maximum Gasteiger partial charge on any atom is 0.329 e. The Morgan fingerprint density at radius 2 is 2.23 bits per heavy atom. The Bertz CT molecular complexity index is 328. The smallest absolute Gasteiger partial charge is 0.329 e. The van der Waals surface area contributed by atoms with Crippen LogP contribution < -0.4 is 10.0 Å². The number of aromatic hydroxyl groups is 1. The molecule has 0 radical (unpaired) electrons. The minimum absolute atomic E-state index is 0.175. The van der Waals surface area contributed by atoms with E-state index in [1.54, 1.807) is 19.1 Å². The largest absolute Gasteiger partial charge is 0.508 e. The van der Waals surface area contributed by atoms with Crippen LogP contribution in [0.1, 0.15) is 5.56 Å². The highest BCUT2D eigenvalue weighted by Crippen LogP contribution is 2.19. The second kappa shape index (κ2) is 4.04. The van der Waals surface area contributed by atoms with Crippen molar-refractivity contribution in [3.8, 4) is 5.75 Å². The number of carbonyl (C=O) groups excluding carboxylic acids is 1. The summed E-state index contributed by atoms with van der Waals surface area (Å²) in [7, 11) is 0. The van der Waals surface area contributed by atoms with E-state index in [-0.39, 0.29) is 5.75 Å². The number of carbonyl (C=O) groups is 1. The lowest BCUT2D eigenvalue weighted by atomic mass is 10.2. The van der Waals surface area contributed by atoms with Crippen LogP contribution in [0.3, 0.4) is 0 Å². The number of hydrogen-bond donors (Lipinski definition) is 4. The number of rotatable bonds is 1. The van der Waals surface area contributed by atoms with Gasteiger partial charge in [0.1, 0.15) is 5.75 Å². The van der Waals surface area contributed by atoms with Crippen LogP contribution in [0.4, 0.5) is 10.5 Å². The van der Waals surface area contributed by atoms with Gasteiger partial charge >= 0.3 is 6.03 Å². The highest BCUT2D eigenvalue weighted by molar-refractivity contribution is 7.78. The number of phenols is 1. The molecule has 1 rings (SSSR count). The normalized spacial score (nSPS) is 9.38. The summed E-state index contributed by atoms with van der Waals surface area (Å²) in [6, 6.07) is 4.28. The molecule has 0 aromatic heterocycles. The molecule has 0 heterocycles. The number of nitrogens with one attached hydrogen (secondary N) is 2. The summed E-state index contributed by atoms with van der Waals surface area (Å²) in [5.41, 5.74) is 1.43. The number of urea groups is 1. The summed E-state index contributed by atoms with van der Waals surface area (Å²) in [5.74, 6) is 0.175. The van der Waals surface area contributed by atoms with E-state index in [2.05, 4.69) is 22.9 Å². The first-order valence-corrected chi connectivity index (χ1v) is 4.09. The van der Waals surface area contributed by atoms with Gasteiger partial charge in [0.2, 0.25) is 0 Å². The first-order valence-electron chi connectivity index (χ1n) is 3.64. The van der Waals surface area contributed by atoms with Crippen molar-refractivity contribution in [3.05, 3.63) is 23.8 Å². The lowest BCUT2D eigenvalue weighted by Crippen LogP contribution is -2.20. The van der Waals surface area contributed by atoms with Crippen LogP contribution in [0.25, 0.3) is 0 Å². The third-order valence-corrected chi connectivity index (χ3v) is 1.76. The molecule has 0 atom stereocenters.